The molecule has 1 aliphatic rings. The molecule has 1 aliphatic heterocycles. The second kappa shape index (κ2) is 10.3. The number of esters is 2. The summed E-state index contributed by atoms with van der Waals surface area (Å²) in [5.74, 6) is -1.95. The van der Waals surface area contributed by atoms with Gasteiger partial charge in [-0.15, -0.1) is 0 Å². The highest BCUT2D eigenvalue weighted by Crippen LogP contribution is 2.26. The molecule has 0 aliphatic carbocycles. The van der Waals surface area contributed by atoms with Crippen LogP contribution in [0.1, 0.15) is 38.3 Å². The number of amides is 1. The number of rotatable bonds is 7. The number of benzene rings is 3. The van der Waals surface area contributed by atoms with Gasteiger partial charge in [-0.05, 0) is 62.4 Å². The lowest BCUT2D eigenvalue weighted by Gasteiger charge is -2.16. The van der Waals surface area contributed by atoms with Crippen molar-refractivity contribution in [3.05, 3.63) is 95.1 Å². The molecule has 0 spiro atoms. The molecule has 3 aromatic carbocycles. The highest BCUT2D eigenvalue weighted by Gasteiger charge is 2.36. The van der Waals surface area contributed by atoms with Gasteiger partial charge in [0.1, 0.15) is 5.75 Å². The Morgan fingerprint density at radius 1 is 0.829 bits per heavy atom. The van der Waals surface area contributed by atoms with Gasteiger partial charge in [0.25, 0.3) is 0 Å². The predicted octanol–water partition coefficient (Wildman–Crippen LogP) is 4.30. The zero-order valence-electron chi connectivity index (χ0n) is 19.5. The molecule has 3 aromatic rings. The zero-order chi connectivity index (χ0) is 24.9. The molecular weight excluding hydrogens is 446 g/mol. The van der Waals surface area contributed by atoms with E-state index in [2.05, 4.69) is 0 Å². The largest absolute Gasteiger partial charge is 0.457 e. The summed E-state index contributed by atoms with van der Waals surface area (Å²) in [6.07, 6.45) is 0.0436. The van der Waals surface area contributed by atoms with Gasteiger partial charge in [-0.2, -0.15) is 0 Å². The van der Waals surface area contributed by atoms with E-state index in [1.165, 1.54) is 24.3 Å². The summed E-state index contributed by atoms with van der Waals surface area (Å²) >= 11 is 0. The van der Waals surface area contributed by atoms with Crippen LogP contribution >= 0.6 is 0 Å². The number of ketones is 1. The first-order chi connectivity index (χ1) is 16.8. The van der Waals surface area contributed by atoms with Gasteiger partial charge in [0.15, 0.2) is 12.4 Å². The monoisotopic (exact) mass is 471 g/mol. The Hall–Kier alpha value is -4.26. The minimum absolute atomic E-state index is 0.0436. The summed E-state index contributed by atoms with van der Waals surface area (Å²) in [6.45, 7) is 3.67. The second-order valence-corrected chi connectivity index (χ2v) is 8.55. The molecule has 1 heterocycles. The van der Waals surface area contributed by atoms with E-state index < -0.39 is 30.2 Å². The van der Waals surface area contributed by atoms with Crippen molar-refractivity contribution < 1.29 is 28.7 Å². The number of hydrogen-bond acceptors (Lipinski definition) is 6. The normalized spacial score (nSPS) is 15.1. The summed E-state index contributed by atoms with van der Waals surface area (Å²) < 4.78 is 10.5. The fourth-order valence-corrected chi connectivity index (χ4v) is 3.74. The molecular formula is C28H25NO6. The van der Waals surface area contributed by atoms with Crippen LogP contribution in [0.15, 0.2) is 72.8 Å². The third-order valence-electron chi connectivity index (χ3n) is 5.82. The summed E-state index contributed by atoms with van der Waals surface area (Å²) in [5, 5.41) is 0. The van der Waals surface area contributed by atoms with Gasteiger partial charge >= 0.3 is 11.9 Å². The van der Waals surface area contributed by atoms with Gasteiger partial charge in [-0.1, -0.05) is 35.4 Å². The van der Waals surface area contributed by atoms with Crippen molar-refractivity contribution >= 4 is 29.3 Å². The third-order valence-corrected chi connectivity index (χ3v) is 5.82. The van der Waals surface area contributed by atoms with E-state index in [1.54, 1.807) is 17.0 Å². The first kappa shape index (κ1) is 23.9. The van der Waals surface area contributed by atoms with Crippen LogP contribution in [-0.2, 0) is 14.3 Å². The van der Waals surface area contributed by atoms with Gasteiger partial charge in [0.05, 0.1) is 11.5 Å². The standard InChI is InChI=1S/C28H25NO6/c1-18-3-7-21(8-4-18)28(33)35-24-13-9-20(10-14-24)25(30)17-34-27(32)22-15-26(31)29(16-22)23-11-5-19(2)6-12-23/h3-14,22H,15-17H2,1-2H3/t22-/m1/s1. The van der Waals surface area contributed by atoms with Crippen LogP contribution in [0.4, 0.5) is 5.69 Å². The van der Waals surface area contributed by atoms with Crippen LogP contribution < -0.4 is 9.64 Å². The van der Waals surface area contributed by atoms with E-state index in [-0.39, 0.29) is 18.9 Å². The molecule has 4 rings (SSSR count). The van der Waals surface area contributed by atoms with Crippen LogP contribution in [0.3, 0.4) is 0 Å². The second-order valence-electron chi connectivity index (χ2n) is 8.55. The van der Waals surface area contributed by atoms with E-state index in [9.17, 15) is 19.2 Å². The molecule has 0 saturated carbocycles. The highest BCUT2D eigenvalue weighted by atomic mass is 16.5. The van der Waals surface area contributed by atoms with Crippen LogP contribution in [-0.4, -0.2) is 36.8 Å². The fraction of sp³-hybridized carbons (Fsp3) is 0.214. The van der Waals surface area contributed by atoms with E-state index in [1.807, 2.05) is 50.2 Å². The summed E-state index contributed by atoms with van der Waals surface area (Å²) in [6, 6.07) is 20.5. The fourth-order valence-electron chi connectivity index (χ4n) is 3.74. The summed E-state index contributed by atoms with van der Waals surface area (Å²) in [7, 11) is 0. The molecule has 1 amide bonds. The number of anilines is 1. The average molecular weight is 472 g/mol. The number of nitrogens with zero attached hydrogens (tertiary/aromatic N) is 1. The Balaban J connectivity index is 1.28. The molecule has 1 atom stereocenters. The molecule has 0 bridgehead atoms. The Kier molecular flexibility index (Phi) is 7.06. The average Bonchev–Trinajstić information content (AvgIpc) is 3.25. The van der Waals surface area contributed by atoms with E-state index in [0.717, 1.165) is 16.8 Å². The lowest BCUT2D eigenvalue weighted by molar-refractivity contribution is -0.147. The Morgan fingerprint density at radius 3 is 2.03 bits per heavy atom. The van der Waals surface area contributed by atoms with Crippen molar-refractivity contribution in [3.63, 3.8) is 0 Å². The Labute approximate surface area is 203 Å². The van der Waals surface area contributed by atoms with Gasteiger partial charge in [0.2, 0.25) is 5.91 Å². The van der Waals surface area contributed by atoms with Crippen molar-refractivity contribution in [2.45, 2.75) is 20.3 Å². The molecule has 0 N–H and O–H groups in total. The summed E-state index contributed by atoms with van der Waals surface area (Å²) in [5.41, 5.74) is 3.58. The molecule has 35 heavy (non-hydrogen) atoms. The van der Waals surface area contributed by atoms with Crippen LogP contribution in [0, 0.1) is 19.8 Å². The topological polar surface area (TPSA) is 90.0 Å². The smallest absolute Gasteiger partial charge is 0.343 e. The van der Waals surface area contributed by atoms with Gasteiger partial charge in [-0.25, -0.2) is 4.79 Å². The van der Waals surface area contributed by atoms with Crippen molar-refractivity contribution in [2.24, 2.45) is 5.92 Å². The minimum atomic E-state index is -0.625. The van der Waals surface area contributed by atoms with E-state index in [0.29, 0.717) is 16.9 Å². The molecule has 0 radical (unpaired) electrons. The van der Waals surface area contributed by atoms with Gasteiger partial charge in [-0.3, -0.25) is 14.4 Å². The Morgan fingerprint density at radius 2 is 1.40 bits per heavy atom. The molecule has 7 nitrogen and oxygen atoms in total. The number of carbonyl (C=O) groups excluding carboxylic acids is 4. The van der Waals surface area contributed by atoms with E-state index in [4.69, 9.17) is 9.47 Å². The third kappa shape index (κ3) is 5.81. The maximum atomic E-state index is 12.5. The zero-order valence-corrected chi connectivity index (χ0v) is 19.5. The number of carbonyl (C=O) groups is 4. The quantitative estimate of drug-likeness (QED) is 0.290. The molecule has 0 aromatic heterocycles. The van der Waals surface area contributed by atoms with E-state index >= 15 is 0 Å². The van der Waals surface area contributed by atoms with Crippen LogP contribution in [0.2, 0.25) is 0 Å². The molecule has 0 unspecified atom stereocenters. The lowest BCUT2D eigenvalue weighted by atomic mass is 10.1. The number of hydrogen-bond donors (Lipinski definition) is 0. The first-order valence-corrected chi connectivity index (χ1v) is 11.3. The predicted molar refractivity (Wildman–Crippen MR) is 130 cm³/mol. The molecule has 1 saturated heterocycles. The van der Waals surface area contributed by atoms with Gasteiger partial charge in [0, 0.05) is 24.2 Å². The highest BCUT2D eigenvalue weighted by molar-refractivity contribution is 6.01. The van der Waals surface area contributed by atoms with Crippen molar-refractivity contribution in [2.75, 3.05) is 18.1 Å². The minimum Gasteiger partial charge on any atom is -0.457 e. The van der Waals surface area contributed by atoms with Crippen LogP contribution in [0.5, 0.6) is 5.75 Å². The first-order valence-electron chi connectivity index (χ1n) is 11.3. The maximum Gasteiger partial charge on any atom is 0.343 e. The van der Waals surface area contributed by atoms with Crippen molar-refractivity contribution in [3.8, 4) is 5.75 Å². The number of ether oxygens (including phenoxy) is 2. The molecule has 178 valence electrons. The number of aryl methyl sites for hydroxylation is 2. The molecule has 7 heteroatoms. The number of Topliss-reactive ketones (excluding diaryl/α,β-unsaturated/α-hetero) is 1. The summed E-state index contributed by atoms with van der Waals surface area (Å²) in [4.78, 5) is 51.1. The Bertz CT molecular complexity index is 1250. The van der Waals surface area contributed by atoms with Crippen molar-refractivity contribution in [1.82, 2.24) is 0 Å². The van der Waals surface area contributed by atoms with Crippen molar-refractivity contribution in [1.29, 1.82) is 0 Å². The van der Waals surface area contributed by atoms with Gasteiger partial charge < -0.3 is 14.4 Å². The molecule has 1 fully saturated rings. The lowest BCUT2D eigenvalue weighted by Crippen LogP contribution is -2.27. The van der Waals surface area contributed by atoms with Crippen LogP contribution in [0.25, 0.3) is 0 Å². The maximum absolute atomic E-state index is 12.5. The SMILES string of the molecule is Cc1ccc(C(=O)Oc2ccc(C(=O)COC(=O)[C@@H]3CC(=O)N(c4ccc(C)cc4)C3)cc2)cc1.